The van der Waals surface area contributed by atoms with Crippen LogP contribution in [-0.2, 0) is 19.1 Å². The Kier molecular flexibility index (Phi) is 5.46. The van der Waals surface area contributed by atoms with E-state index < -0.39 is 15.9 Å². The molecular formula is C11H19BrO4. The molecule has 0 aliphatic rings. The van der Waals surface area contributed by atoms with Crippen LogP contribution in [0.2, 0.25) is 0 Å². The van der Waals surface area contributed by atoms with E-state index >= 15 is 0 Å². The number of hydrogen-bond donors (Lipinski definition) is 0. The number of rotatable bonds is 4. The molecule has 94 valence electrons. The van der Waals surface area contributed by atoms with Crippen molar-refractivity contribution in [3.05, 3.63) is 0 Å². The van der Waals surface area contributed by atoms with E-state index in [2.05, 4.69) is 15.9 Å². The lowest BCUT2D eigenvalue weighted by atomic mass is 10.2. The van der Waals surface area contributed by atoms with Gasteiger partial charge in [-0.05, 0) is 34.6 Å². The van der Waals surface area contributed by atoms with Crippen molar-refractivity contribution < 1.29 is 19.1 Å². The summed E-state index contributed by atoms with van der Waals surface area (Å²) in [4.78, 5) is 22.6. The number of esters is 2. The zero-order valence-corrected chi connectivity index (χ0v) is 12.0. The quantitative estimate of drug-likeness (QED) is 0.590. The Bertz CT molecular complexity index is 260. The van der Waals surface area contributed by atoms with Crippen LogP contribution < -0.4 is 0 Å². The second-order valence-corrected chi connectivity index (χ2v) is 6.93. The van der Waals surface area contributed by atoms with Crippen LogP contribution in [0.5, 0.6) is 0 Å². The van der Waals surface area contributed by atoms with E-state index in [1.165, 1.54) is 0 Å². The van der Waals surface area contributed by atoms with Crippen LogP contribution in [0.15, 0.2) is 0 Å². The normalized spacial score (nSPS) is 12.1. The molecule has 0 amide bonds. The Morgan fingerprint density at radius 1 is 1.12 bits per heavy atom. The molecule has 5 heteroatoms. The Labute approximate surface area is 105 Å². The highest BCUT2D eigenvalue weighted by Crippen LogP contribution is 2.17. The Balaban J connectivity index is 3.84. The van der Waals surface area contributed by atoms with Gasteiger partial charge in [-0.15, -0.1) is 0 Å². The summed E-state index contributed by atoms with van der Waals surface area (Å²) >= 11 is 3.17. The average Bonchev–Trinajstić information content (AvgIpc) is 1.98. The molecule has 0 saturated carbocycles. The molecule has 0 aromatic carbocycles. The summed E-state index contributed by atoms with van der Waals surface area (Å²) in [7, 11) is 0. The van der Waals surface area contributed by atoms with Crippen molar-refractivity contribution in [1.29, 1.82) is 0 Å². The van der Waals surface area contributed by atoms with Gasteiger partial charge in [0.05, 0.1) is 6.42 Å². The van der Waals surface area contributed by atoms with Gasteiger partial charge in [-0.25, -0.2) is 0 Å². The predicted molar refractivity (Wildman–Crippen MR) is 64.4 cm³/mol. The molecule has 0 aromatic heterocycles. The summed E-state index contributed by atoms with van der Waals surface area (Å²) in [5, 5.41) is 0. The van der Waals surface area contributed by atoms with Gasteiger partial charge in [-0.2, -0.15) is 0 Å². The van der Waals surface area contributed by atoms with E-state index in [-0.39, 0.29) is 19.0 Å². The molecule has 0 fully saturated rings. The van der Waals surface area contributed by atoms with Crippen LogP contribution in [0.25, 0.3) is 0 Å². The maximum absolute atomic E-state index is 11.3. The van der Waals surface area contributed by atoms with Gasteiger partial charge in [0.15, 0.2) is 0 Å². The highest BCUT2D eigenvalue weighted by atomic mass is 79.9. The van der Waals surface area contributed by atoms with Crippen molar-refractivity contribution >= 4 is 27.9 Å². The standard InChI is InChI=1S/C11H19BrO4/c1-10(2,3)16-8(13)6-7-15-9(14)11(4,5)12/h6-7H2,1-5H3. The first-order valence-electron chi connectivity index (χ1n) is 5.10. The lowest BCUT2D eigenvalue weighted by Gasteiger charge is -2.20. The summed E-state index contributed by atoms with van der Waals surface area (Å²) in [6, 6.07) is 0. The minimum absolute atomic E-state index is 0.0444. The molecule has 0 saturated heterocycles. The molecule has 0 aromatic rings. The van der Waals surface area contributed by atoms with E-state index in [0.717, 1.165) is 0 Å². The van der Waals surface area contributed by atoms with Gasteiger partial charge in [0.2, 0.25) is 0 Å². The van der Waals surface area contributed by atoms with Gasteiger partial charge in [0, 0.05) is 0 Å². The SMILES string of the molecule is CC(C)(C)OC(=O)CCOC(=O)C(C)(C)Br. The number of ether oxygens (including phenoxy) is 2. The first-order valence-corrected chi connectivity index (χ1v) is 5.89. The fourth-order valence-corrected chi connectivity index (χ4v) is 0.906. The summed E-state index contributed by atoms with van der Waals surface area (Å²) < 4.78 is 9.25. The smallest absolute Gasteiger partial charge is 0.322 e. The predicted octanol–water partition coefficient (Wildman–Crippen LogP) is 2.43. The van der Waals surface area contributed by atoms with Gasteiger partial charge in [-0.3, -0.25) is 9.59 Å². The monoisotopic (exact) mass is 294 g/mol. The van der Waals surface area contributed by atoms with Gasteiger partial charge in [0.1, 0.15) is 16.5 Å². The van der Waals surface area contributed by atoms with E-state index in [1.807, 2.05) is 0 Å². The summed E-state index contributed by atoms with van der Waals surface area (Å²) in [6.07, 6.45) is 0.0755. The first-order chi connectivity index (χ1) is 7.02. The van der Waals surface area contributed by atoms with Crippen molar-refractivity contribution in [2.75, 3.05) is 6.61 Å². The van der Waals surface area contributed by atoms with Crippen LogP contribution in [0, 0.1) is 0 Å². The molecule has 0 aliphatic carbocycles. The van der Waals surface area contributed by atoms with Gasteiger partial charge >= 0.3 is 11.9 Å². The van der Waals surface area contributed by atoms with E-state index in [1.54, 1.807) is 34.6 Å². The third-order valence-corrected chi connectivity index (χ3v) is 1.77. The van der Waals surface area contributed by atoms with Crippen LogP contribution in [0.3, 0.4) is 0 Å². The number of hydrogen-bond acceptors (Lipinski definition) is 4. The van der Waals surface area contributed by atoms with Crippen LogP contribution in [0.1, 0.15) is 41.0 Å². The average molecular weight is 295 g/mol. The van der Waals surface area contributed by atoms with E-state index in [0.29, 0.717) is 0 Å². The zero-order chi connectivity index (χ0) is 13.0. The first kappa shape index (κ1) is 15.4. The molecule has 0 aliphatic heterocycles. The summed E-state index contributed by atoms with van der Waals surface area (Å²) in [5.74, 6) is -0.760. The number of halogens is 1. The van der Waals surface area contributed by atoms with Crippen molar-refractivity contribution in [3.8, 4) is 0 Å². The second kappa shape index (κ2) is 5.66. The maximum atomic E-state index is 11.3. The van der Waals surface area contributed by atoms with Crippen molar-refractivity contribution in [2.45, 2.75) is 51.0 Å². The molecule has 0 spiro atoms. The lowest BCUT2D eigenvalue weighted by molar-refractivity contribution is -0.157. The molecule has 0 rings (SSSR count). The molecular weight excluding hydrogens is 276 g/mol. The molecule has 0 bridgehead atoms. The zero-order valence-electron chi connectivity index (χ0n) is 10.4. The van der Waals surface area contributed by atoms with Crippen LogP contribution in [0.4, 0.5) is 0 Å². The third-order valence-electron chi connectivity index (χ3n) is 1.44. The van der Waals surface area contributed by atoms with Crippen molar-refractivity contribution in [1.82, 2.24) is 0 Å². The third kappa shape index (κ3) is 7.68. The highest BCUT2D eigenvalue weighted by Gasteiger charge is 2.25. The number of carbonyl (C=O) groups is 2. The Morgan fingerprint density at radius 2 is 1.62 bits per heavy atom. The lowest BCUT2D eigenvalue weighted by Crippen LogP contribution is -2.28. The van der Waals surface area contributed by atoms with Crippen molar-refractivity contribution in [3.63, 3.8) is 0 Å². The Hall–Kier alpha value is -0.580. The van der Waals surface area contributed by atoms with E-state index in [9.17, 15) is 9.59 Å². The highest BCUT2D eigenvalue weighted by molar-refractivity contribution is 9.10. The fraction of sp³-hybridized carbons (Fsp3) is 0.818. The van der Waals surface area contributed by atoms with Gasteiger partial charge in [0.25, 0.3) is 0 Å². The second-order valence-electron chi connectivity index (χ2n) is 4.94. The van der Waals surface area contributed by atoms with Gasteiger partial charge in [-0.1, -0.05) is 15.9 Å². The summed E-state index contributed by atoms with van der Waals surface area (Å²) in [6.45, 7) is 8.78. The molecule has 0 radical (unpaired) electrons. The molecule has 0 heterocycles. The minimum Gasteiger partial charge on any atom is -0.464 e. The molecule has 16 heavy (non-hydrogen) atoms. The fourth-order valence-electron chi connectivity index (χ4n) is 0.791. The largest absolute Gasteiger partial charge is 0.464 e. The van der Waals surface area contributed by atoms with Crippen molar-refractivity contribution in [2.24, 2.45) is 0 Å². The molecule has 0 unspecified atom stereocenters. The minimum atomic E-state index is -0.721. The number of alkyl halides is 1. The number of carbonyl (C=O) groups excluding carboxylic acids is 2. The van der Waals surface area contributed by atoms with E-state index in [4.69, 9.17) is 9.47 Å². The Morgan fingerprint density at radius 3 is 2.00 bits per heavy atom. The topological polar surface area (TPSA) is 52.6 Å². The molecule has 0 N–H and O–H groups in total. The van der Waals surface area contributed by atoms with Crippen LogP contribution in [-0.4, -0.2) is 28.5 Å². The molecule has 4 nitrogen and oxygen atoms in total. The summed E-state index contributed by atoms with van der Waals surface area (Å²) in [5.41, 5.74) is -0.504. The van der Waals surface area contributed by atoms with Crippen LogP contribution >= 0.6 is 15.9 Å². The van der Waals surface area contributed by atoms with Gasteiger partial charge < -0.3 is 9.47 Å². The maximum Gasteiger partial charge on any atom is 0.322 e. The molecule has 0 atom stereocenters.